The summed E-state index contributed by atoms with van der Waals surface area (Å²) in [6.45, 7) is -0.629. The lowest BCUT2D eigenvalue weighted by Gasteiger charge is -2.17. The number of hydrogen-bond donors (Lipinski definition) is 4. The number of rotatable bonds is 6. The summed E-state index contributed by atoms with van der Waals surface area (Å²) in [5, 5.41) is 7.01. The van der Waals surface area contributed by atoms with Crippen molar-refractivity contribution in [3.8, 4) is 0 Å². The van der Waals surface area contributed by atoms with E-state index in [0.29, 0.717) is 10.6 Å². The molecule has 5 N–H and O–H groups in total. The minimum Gasteiger partial charge on any atom is -0.455 e. The number of imide groups is 1. The van der Waals surface area contributed by atoms with Gasteiger partial charge < -0.3 is 21.1 Å². The van der Waals surface area contributed by atoms with Gasteiger partial charge in [0.15, 0.2) is 6.61 Å². The van der Waals surface area contributed by atoms with Gasteiger partial charge in [0.05, 0.1) is 12.5 Å². The maximum absolute atomic E-state index is 11.8. The molecule has 0 aliphatic carbocycles. The van der Waals surface area contributed by atoms with Crippen molar-refractivity contribution in [3.05, 3.63) is 34.9 Å². The Labute approximate surface area is 142 Å². The van der Waals surface area contributed by atoms with E-state index in [4.69, 9.17) is 22.1 Å². The van der Waals surface area contributed by atoms with Gasteiger partial charge in [0.2, 0.25) is 0 Å². The highest BCUT2D eigenvalue weighted by atomic mass is 35.5. The molecule has 0 saturated heterocycles. The predicted molar refractivity (Wildman–Crippen MR) is 85.1 cm³/mol. The number of nitrogens with two attached hydrogens (primary N) is 1. The zero-order valence-electron chi connectivity index (χ0n) is 12.8. The Morgan fingerprint density at radius 2 is 1.83 bits per heavy atom. The maximum atomic E-state index is 11.8. The highest BCUT2D eigenvalue weighted by molar-refractivity contribution is 6.30. The first-order valence-electron chi connectivity index (χ1n) is 6.80. The molecule has 1 rings (SSSR count). The lowest BCUT2D eigenvalue weighted by Crippen LogP contribution is -2.40. The highest BCUT2D eigenvalue weighted by Crippen LogP contribution is 2.19. The molecule has 0 aliphatic rings. The maximum Gasteiger partial charge on any atom is 0.321 e. The van der Waals surface area contributed by atoms with Gasteiger partial charge in [-0.2, -0.15) is 0 Å². The van der Waals surface area contributed by atoms with Crippen molar-refractivity contribution in [1.82, 2.24) is 16.0 Å². The Kier molecular flexibility index (Phi) is 7.50. The Balaban J connectivity index is 2.61. The summed E-state index contributed by atoms with van der Waals surface area (Å²) in [6, 6.07) is 4.15. The largest absolute Gasteiger partial charge is 0.455 e. The molecular formula is C14H17ClN4O5. The van der Waals surface area contributed by atoms with Gasteiger partial charge in [0.1, 0.15) is 0 Å². The van der Waals surface area contributed by atoms with Crippen molar-refractivity contribution in [1.29, 1.82) is 0 Å². The fourth-order valence-corrected chi connectivity index (χ4v) is 1.84. The number of amides is 5. The van der Waals surface area contributed by atoms with Crippen LogP contribution in [-0.2, 0) is 14.3 Å². The van der Waals surface area contributed by atoms with Crippen LogP contribution in [0.5, 0.6) is 0 Å². The van der Waals surface area contributed by atoms with Crippen molar-refractivity contribution in [3.63, 3.8) is 0 Å². The van der Waals surface area contributed by atoms with Crippen LogP contribution < -0.4 is 21.7 Å². The van der Waals surface area contributed by atoms with Gasteiger partial charge in [-0.1, -0.05) is 23.7 Å². The van der Waals surface area contributed by atoms with Gasteiger partial charge >= 0.3 is 18.0 Å². The van der Waals surface area contributed by atoms with Gasteiger partial charge in [-0.3, -0.25) is 14.9 Å². The lowest BCUT2D eigenvalue weighted by molar-refractivity contribution is -0.148. The van der Waals surface area contributed by atoms with Crippen molar-refractivity contribution >= 4 is 35.5 Å². The number of esters is 1. The fraction of sp³-hybridized carbons (Fsp3) is 0.286. The van der Waals surface area contributed by atoms with Crippen LogP contribution in [0.2, 0.25) is 5.02 Å². The van der Waals surface area contributed by atoms with Gasteiger partial charge in [0, 0.05) is 12.1 Å². The topological polar surface area (TPSA) is 140 Å². The smallest absolute Gasteiger partial charge is 0.321 e. The molecule has 10 heteroatoms. The van der Waals surface area contributed by atoms with Crippen LogP contribution in [0.4, 0.5) is 9.59 Å². The molecule has 0 aromatic heterocycles. The summed E-state index contributed by atoms with van der Waals surface area (Å²) >= 11 is 5.79. The van der Waals surface area contributed by atoms with Crippen LogP contribution in [0.3, 0.4) is 0 Å². The van der Waals surface area contributed by atoms with Crippen molar-refractivity contribution in [2.24, 2.45) is 5.73 Å². The molecule has 130 valence electrons. The third-order valence-electron chi connectivity index (χ3n) is 2.80. The van der Waals surface area contributed by atoms with E-state index in [2.05, 4.69) is 10.6 Å². The molecule has 0 bridgehead atoms. The number of primary amides is 1. The van der Waals surface area contributed by atoms with E-state index < -0.39 is 36.6 Å². The van der Waals surface area contributed by atoms with Crippen LogP contribution in [0.25, 0.3) is 0 Å². The molecule has 0 saturated carbocycles. The SMILES string of the molecule is CNC(=O)NC(=O)COC(=O)C[C@@H](NC(N)=O)c1ccc(Cl)cc1. The zero-order valence-corrected chi connectivity index (χ0v) is 13.6. The quantitative estimate of drug-likeness (QED) is 0.547. The lowest BCUT2D eigenvalue weighted by atomic mass is 10.0. The second-order valence-corrected chi connectivity index (χ2v) is 5.04. The third kappa shape index (κ3) is 6.97. The summed E-state index contributed by atoms with van der Waals surface area (Å²) < 4.78 is 4.76. The number of carbonyl (C=O) groups is 4. The van der Waals surface area contributed by atoms with E-state index in [-0.39, 0.29) is 6.42 Å². The van der Waals surface area contributed by atoms with E-state index in [0.717, 1.165) is 0 Å². The predicted octanol–water partition coefficient (Wildman–Crippen LogP) is 0.438. The monoisotopic (exact) mass is 356 g/mol. The number of ether oxygens (including phenoxy) is 1. The molecule has 24 heavy (non-hydrogen) atoms. The number of carbonyl (C=O) groups excluding carboxylic acids is 4. The second kappa shape index (κ2) is 9.36. The molecule has 1 atom stereocenters. The fourth-order valence-electron chi connectivity index (χ4n) is 1.72. The van der Waals surface area contributed by atoms with Gasteiger partial charge in [-0.25, -0.2) is 9.59 Å². The Hall–Kier alpha value is -2.81. The second-order valence-electron chi connectivity index (χ2n) is 4.60. The van der Waals surface area contributed by atoms with E-state index in [9.17, 15) is 19.2 Å². The van der Waals surface area contributed by atoms with E-state index in [1.165, 1.54) is 7.05 Å². The molecule has 0 aliphatic heterocycles. The summed E-state index contributed by atoms with van der Waals surface area (Å²) in [6.07, 6.45) is -0.252. The molecule has 0 spiro atoms. The number of hydrogen-bond acceptors (Lipinski definition) is 5. The van der Waals surface area contributed by atoms with Crippen LogP contribution in [0.1, 0.15) is 18.0 Å². The Bertz CT molecular complexity index is 620. The van der Waals surface area contributed by atoms with Crippen LogP contribution in [0.15, 0.2) is 24.3 Å². The first kappa shape index (κ1) is 19.2. The van der Waals surface area contributed by atoms with Crippen molar-refractivity contribution < 1.29 is 23.9 Å². The van der Waals surface area contributed by atoms with Crippen LogP contribution in [-0.4, -0.2) is 37.6 Å². The minimum atomic E-state index is -0.819. The van der Waals surface area contributed by atoms with E-state index in [1.807, 2.05) is 5.32 Å². The van der Waals surface area contributed by atoms with E-state index >= 15 is 0 Å². The number of nitrogens with one attached hydrogen (secondary N) is 3. The molecule has 0 unspecified atom stereocenters. The molecule has 1 aromatic rings. The Morgan fingerprint density at radius 3 is 2.38 bits per heavy atom. The zero-order chi connectivity index (χ0) is 18.1. The number of benzene rings is 1. The molecular weight excluding hydrogens is 340 g/mol. The first-order valence-corrected chi connectivity index (χ1v) is 7.18. The van der Waals surface area contributed by atoms with Crippen LogP contribution >= 0.6 is 11.6 Å². The van der Waals surface area contributed by atoms with Crippen molar-refractivity contribution in [2.75, 3.05) is 13.7 Å². The average molecular weight is 357 g/mol. The Morgan fingerprint density at radius 1 is 1.21 bits per heavy atom. The first-order chi connectivity index (χ1) is 11.3. The summed E-state index contributed by atoms with van der Waals surface area (Å²) in [4.78, 5) is 45.1. The summed E-state index contributed by atoms with van der Waals surface area (Å²) in [5.41, 5.74) is 5.68. The summed E-state index contributed by atoms with van der Waals surface area (Å²) in [7, 11) is 1.33. The number of urea groups is 2. The van der Waals surface area contributed by atoms with Gasteiger partial charge in [0.25, 0.3) is 5.91 Å². The standard InChI is InChI=1S/C14H17ClN4O5/c1-17-14(23)19-11(20)7-24-12(21)6-10(18-13(16)22)8-2-4-9(15)5-3-8/h2-5,10H,6-7H2,1H3,(H3,16,18,22)(H2,17,19,20,23)/t10-/m1/s1. The number of halogens is 1. The highest BCUT2D eigenvalue weighted by Gasteiger charge is 2.19. The van der Waals surface area contributed by atoms with Gasteiger partial charge in [-0.05, 0) is 17.7 Å². The molecule has 5 amide bonds. The molecule has 0 radical (unpaired) electrons. The van der Waals surface area contributed by atoms with Crippen molar-refractivity contribution in [2.45, 2.75) is 12.5 Å². The van der Waals surface area contributed by atoms with Gasteiger partial charge in [-0.15, -0.1) is 0 Å². The molecule has 9 nitrogen and oxygen atoms in total. The summed E-state index contributed by atoms with van der Waals surface area (Å²) in [5.74, 6) is -1.54. The minimum absolute atomic E-state index is 0.252. The normalized spacial score (nSPS) is 11.1. The third-order valence-corrected chi connectivity index (χ3v) is 3.06. The van der Waals surface area contributed by atoms with Crippen LogP contribution in [0, 0.1) is 0 Å². The molecule has 0 fully saturated rings. The molecule has 0 heterocycles. The molecule has 1 aromatic carbocycles. The average Bonchev–Trinajstić information content (AvgIpc) is 2.52. The van der Waals surface area contributed by atoms with E-state index in [1.54, 1.807) is 24.3 Å².